The Morgan fingerprint density at radius 3 is 2.63 bits per heavy atom. The van der Waals surface area contributed by atoms with Crippen molar-refractivity contribution in [2.24, 2.45) is 0 Å². The van der Waals surface area contributed by atoms with Crippen molar-refractivity contribution in [3.63, 3.8) is 0 Å². The molecule has 0 saturated heterocycles. The molecule has 0 saturated carbocycles. The Kier molecular flexibility index (Phi) is 4.07. The molecule has 0 unspecified atom stereocenters. The normalized spacial score (nSPS) is 10.2. The van der Waals surface area contributed by atoms with E-state index in [1.807, 2.05) is 6.07 Å². The topological polar surface area (TPSA) is 75.1 Å². The van der Waals surface area contributed by atoms with Crippen LogP contribution in [0.25, 0.3) is 0 Å². The molecular weight excluding hydrogens is 242 g/mol. The first-order valence-corrected chi connectivity index (χ1v) is 6.10. The Hall–Kier alpha value is -2.43. The van der Waals surface area contributed by atoms with E-state index in [4.69, 9.17) is 5.11 Å². The minimum absolute atomic E-state index is 0.264. The maximum atomic E-state index is 10.7. The number of rotatable bonds is 5. The molecule has 1 aromatic carbocycles. The van der Waals surface area contributed by atoms with E-state index in [1.165, 1.54) is 6.33 Å². The third-order valence-corrected chi connectivity index (χ3v) is 2.63. The number of carboxylic acids is 1. The molecular formula is C14H15N3O2. The number of hydrogen-bond acceptors (Lipinski definition) is 4. The zero-order chi connectivity index (χ0) is 13.7. The van der Waals surface area contributed by atoms with E-state index in [0.29, 0.717) is 5.82 Å². The number of hydrogen-bond donors (Lipinski definition) is 2. The number of nitrogens with zero attached hydrogens (tertiary/aromatic N) is 2. The van der Waals surface area contributed by atoms with E-state index in [2.05, 4.69) is 22.2 Å². The third-order valence-electron chi connectivity index (χ3n) is 2.63. The first-order valence-electron chi connectivity index (χ1n) is 6.10. The van der Waals surface area contributed by atoms with Crippen LogP contribution in [-0.2, 0) is 6.42 Å². The van der Waals surface area contributed by atoms with Crippen LogP contribution in [0.15, 0.2) is 36.7 Å². The van der Waals surface area contributed by atoms with Crippen LogP contribution in [0.4, 0.5) is 11.5 Å². The smallest absolute Gasteiger partial charge is 0.335 e. The molecule has 0 aliphatic rings. The Bertz CT molecular complexity index is 567. The average Bonchev–Trinajstić information content (AvgIpc) is 2.40. The standard InChI is InChI=1S/C14H15N3O2/c1-2-3-12-8-13(16-9-15-12)17-11-6-4-10(5-7-11)14(18)19/h4-9H,2-3H2,1H3,(H,18,19)(H,15,16,17). The molecule has 0 fully saturated rings. The molecule has 0 aliphatic carbocycles. The first kappa shape index (κ1) is 13.0. The van der Waals surface area contributed by atoms with Crippen molar-refractivity contribution in [3.05, 3.63) is 47.9 Å². The number of nitrogens with one attached hydrogen (secondary N) is 1. The molecule has 0 spiro atoms. The van der Waals surface area contributed by atoms with Gasteiger partial charge in [-0.15, -0.1) is 0 Å². The fraction of sp³-hybridized carbons (Fsp3) is 0.214. The molecule has 1 heterocycles. The number of aromatic nitrogens is 2. The number of carboxylic acid groups (broad SMARTS) is 1. The van der Waals surface area contributed by atoms with Crippen LogP contribution in [0, 0.1) is 0 Å². The number of benzene rings is 1. The highest BCUT2D eigenvalue weighted by Crippen LogP contribution is 2.16. The van der Waals surface area contributed by atoms with Crippen LogP contribution in [-0.4, -0.2) is 21.0 Å². The summed E-state index contributed by atoms with van der Waals surface area (Å²) in [4.78, 5) is 19.1. The SMILES string of the molecule is CCCc1cc(Nc2ccc(C(=O)O)cc2)ncn1. The van der Waals surface area contributed by atoms with Crippen LogP contribution < -0.4 is 5.32 Å². The summed E-state index contributed by atoms with van der Waals surface area (Å²) < 4.78 is 0. The summed E-state index contributed by atoms with van der Waals surface area (Å²) in [5.74, 6) is -0.222. The number of aromatic carboxylic acids is 1. The van der Waals surface area contributed by atoms with Gasteiger partial charge in [-0.3, -0.25) is 0 Å². The summed E-state index contributed by atoms with van der Waals surface area (Å²) in [6.07, 6.45) is 3.47. The number of carbonyl (C=O) groups is 1. The van der Waals surface area contributed by atoms with E-state index in [0.717, 1.165) is 24.2 Å². The lowest BCUT2D eigenvalue weighted by Crippen LogP contribution is -1.99. The highest BCUT2D eigenvalue weighted by molar-refractivity contribution is 5.88. The summed E-state index contributed by atoms with van der Waals surface area (Å²) in [5.41, 5.74) is 2.05. The summed E-state index contributed by atoms with van der Waals surface area (Å²) in [6, 6.07) is 8.43. The molecule has 19 heavy (non-hydrogen) atoms. The average molecular weight is 257 g/mol. The second-order valence-corrected chi connectivity index (χ2v) is 4.15. The number of anilines is 2. The van der Waals surface area contributed by atoms with Crippen LogP contribution in [0.3, 0.4) is 0 Å². The van der Waals surface area contributed by atoms with Gasteiger partial charge in [0, 0.05) is 17.4 Å². The molecule has 1 aromatic heterocycles. The Morgan fingerprint density at radius 1 is 1.26 bits per heavy atom. The summed E-state index contributed by atoms with van der Waals surface area (Å²) in [6.45, 7) is 2.10. The third kappa shape index (κ3) is 3.51. The molecule has 0 radical (unpaired) electrons. The summed E-state index contributed by atoms with van der Waals surface area (Å²) in [7, 11) is 0. The van der Waals surface area contributed by atoms with Gasteiger partial charge in [0.1, 0.15) is 12.1 Å². The van der Waals surface area contributed by atoms with E-state index in [1.54, 1.807) is 24.3 Å². The summed E-state index contributed by atoms with van der Waals surface area (Å²) in [5, 5.41) is 11.9. The maximum Gasteiger partial charge on any atom is 0.335 e. The minimum Gasteiger partial charge on any atom is -0.478 e. The molecule has 0 aliphatic heterocycles. The predicted molar refractivity (Wildman–Crippen MR) is 72.7 cm³/mol. The molecule has 0 amide bonds. The molecule has 5 nitrogen and oxygen atoms in total. The second-order valence-electron chi connectivity index (χ2n) is 4.15. The zero-order valence-corrected chi connectivity index (χ0v) is 10.6. The summed E-state index contributed by atoms with van der Waals surface area (Å²) >= 11 is 0. The second kappa shape index (κ2) is 5.95. The van der Waals surface area contributed by atoms with E-state index < -0.39 is 5.97 Å². The van der Waals surface area contributed by atoms with Crippen molar-refractivity contribution in [1.29, 1.82) is 0 Å². The van der Waals surface area contributed by atoms with Crippen molar-refractivity contribution >= 4 is 17.5 Å². The van der Waals surface area contributed by atoms with Crippen molar-refractivity contribution in [1.82, 2.24) is 9.97 Å². The fourth-order valence-corrected chi connectivity index (χ4v) is 1.70. The largest absolute Gasteiger partial charge is 0.478 e. The zero-order valence-electron chi connectivity index (χ0n) is 10.6. The molecule has 5 heteroatoms. The van der Waals surface area contributed by atoms with Gasteiger partial charge in [0.05, 0.1) is 5.56 Å². The molecule has 2 aromatic rings. The van der Waals surface area contributed by atoms with Crippen molar-refractivity contribution in [2.75, 3.05) is 5.32 Å². The van der Waals surface area contributed by atoms with Gasteiger partial charge in [-0.1, -0.05) is 13.3 Å². The van der Waals surface area contributed by atoms with Crippen molar-refractivity contribution in [2.45, 2.75) is 19.8 Å². The van der Waals surface area contributed by atoms with E-state index >= 15 is 0 Å². The highest BCUT2D eigenvalue weighted by Gasteiger charge is 2.03. The van der Waals surface area contributed by atoms with Crippen molar-refractivity contribution < 1.29 is 9.90 Å². The van der Waals surface area contributed by atoms with Gasteiger partial charge in [-0.05, 0) is 30.7 Å². The fourth-order valence-electron chi connectivity index (χ4n) is 1.70. The van der Waals surface area contributed by atoms with Crippen molar-refractivity contribution in [3.8, 4) is 0 Å². The first-order chi connectivity index (χ1) is 9.19. The van der Waals surface area contributed by atoms with Crippen LogP contribution in [0.2, 0.25) is 0 Å². The number of aryl methyl sites for hydroxylation is 1. The van der Waals surface area contributed by atoms with Gasteiger partial charge >= 0.3 is 5.97 Å². The molecule has 2 rings (SSSR count). The van der Waals surface area contributed by atoms with Gasteiger partial charge in [0.2, 0.25) is 0 Å². The van der Waals surface area contributed by atoms with Gasteiger partial charge in [0.15, 0.2) is 0 Å². The lowest BCUT2D eigenvalue weighted by atomic mass is 10.2. The van der Waals surface area contributed by atoms with Gasteiger partial charge in [-0.25, -0.2) is 14.8 Å². The Morgan fingerprint density at radius 2 is 2.00 bits per heavy atom. The maximum absolute atomic E-state index is 10.7. The minimum atomic E-state index is -0.932. The molecule has 0 atom stereocenters. The monoisotopic (exact) mass is 257 g/mol. The van der Waals surface area contributed by atoms with E-state index in [-0.39, 0.29) is 5.56 Å². The molecule has 98 valence electrons. The van der Waals surface area contributed by atoms with E-state index in [9.17, 15) is 4.79 Å². The Balaban J connectivity index is 2.12. The van der Waals surface area contributed by atoms with Gasteiger partial charge in [-0.2, -0.15) is 0 Å². The quantitative estimate of drug-likeness (QED) is 0.861. The lowest BCUT2D eigenvalue weighted by molar-refractivity contribution is 0.0697. The highest BCUT2D eigenvalue weighted by atomic mass is 16.4. The van der Waals surface area contributed by atoms with Gasteiger partial charge in [0.25, 0.3) is 0 Å². The lowest BCUT2D eigenvalue weighted by Gasteiger charge is -2.06. The molecule has 0 bridgehead atoms. The van der Waals surface area contributed by atoms with Crippen LogP contribution >= 0.6 is 0 Å². The predicted octanol–water partition coefficient (Wildman–Crippen LogP) is 2.87. The van der Waals surface area contributed by atoms with Crippen LogP contribution in [0.5, 0.6) is 0 Å². The van der Waals surface area contributed by atoms with Gasteiger partial charge < -0.3 is 10.4 Å². The molecule has 2 N–H and O–H groups in total. The Labute approximate surface area is 111 Å². The van der Waals surface area contributed by atoms with Crippen LogP contribution in [0.1, 0.15) is 29.4 Å².